The normalized spacial score (nSPS) is 26.8. The SMILES string of the molecule is CC1(C2CC2)NC(=O)CN(CCc2ccc(Br)s2)C1=O. The van der Waals surface area contributed by atoms with Crippen LogP contribution in [0.5, 0.6) is 0 Å². The van der Waals surface area contributed by atoms with E-state index in [1.807, 2.05) is 13.0 Å². The lowest BCUT2D eigenvalue weighted by Gasteiger charge is -2.40. The van der Waals surface area contributed by atoms with Crippen LogP contribution < -0.4 is 5.32 Å². The fraction of sp³-hybridized carbons (Fsp3) is 0.571. The zero-order valence-electron chi connectivity index (χ0n) is 11.3. The Morgan fingerprint density at radius 3 is 2.80 bits per heavy atom. The third-order valence-electron chi connectivity index (χ3n) is 4.12. The summed E-state index contributed by atoms with van der Waals surface area (Å²) in [6, 6.07) is 4.07. The predicted octanol–water partition coefficient (Wildman–Crippen LogP) is 2.18. The molecule has 2 fully saturated rings. The first kappa shape index (κ1) is 14.1. The van der Waals surface area contributed by atoms with Crippen LogP contribution in [0.3, 0.4) is 0 Å². The molecule has 2 heterocycles. The summed E-state index contributed by atoms with van der Waals surface area (Å²) in [4.78, 5) is 27.4. The Balaban J connectivity index is 1.68. The van der Waals surface area contributed by atoms with Gasteiger partial charge in [0.1, 0.15) is 5.54 Å². The first-order valence-corrected chi connectivity index (χ1v) is 8.44. The number of nitrogens with one attached hydrogen (secondary N) is 1. The van der Waals surface area contributed by atoms with E-state index < -0.39 is 5.54 Å². The summed E-state index contributed by atoms with van der Waals surface area (Å²) >= 11 is 5.11. The Morgan fingerprint density at radius 1 is 1.45 bits per heavy atom. The van der Waals surface area contributed by atoms with E-state index in [-0.39, 0.29) is 18.4 Å². The van der Waals surface area contributed by atoms with Crippen molar-refractivity contribution in [3.05, 3.63) is 20.8 Å². The summed E-state index contributed by atoms with van der Waals surface area (Å²) in [6.07, 6.45) is 2.87. The van der Waals surface area contributed by atoms with Gasteiger partial charge in [-0.3, -0.25) is 9.59 Å². The molecule has 2 aliphatic rings. The van der Waals surface area contributed by atoms with Gasteiger partial charge in [-0.1, -0.05) is 0 Å². The number of halogens is 1. The maximum absolute atomic E-state index is 12.6. The Morgan fingerprint density at radius 2 is 2.20 bits per heavy atom. The van der Waals surface area contributed by atoms with Gasteiger partial charge in [-0.2, -0.15) is 0 Å². The fourth-order valence-electron chi connectivity index (χ4n) is 2.81. The van der Waals surface area contributed by atoms with Crippen LogP contribution in [-0.2, 0) is 16.0 Å². The van der Waals surface area contributed by atoms with E-state index >= 15 is 0 Å². The second-order valence-corrected chi connectivity index (χ2v) is 8.25. The molecule has 1 N–H and O–H groups in total. The lowest BCUT2D eigenvalue weighted by Crippen LogP contribution is -2.66. The van der Waals surface area contributed by atoms with Crippen molar-refractivity contribution in [3.8, 4) is 0 Å². The highest BCUT2D eigenvalue weighted by Gasteiger charge is 2.52. The van der Waals surface area contributed by atoms with Crippen LogP contribution in [0.15, 0.2) is 15.9 Å². The van der Waals surface area contributed by atoms with Gasteiger partial charge in [0.25, 0.3) is 0 Å². The van der Waals surface area contributed by atoms with Crippen molar-refractivity contribution >= 4 is 39.1 Å². The first-order valence-electron chi connectivity index (χ1n) is 6.83. The van der Waals surface area contributed by atoms with Crippen LogP contribution in [0.2, 0.25) is 0 Å². The number of nitrogens with zero attached hydrogens (tertiary/aromatic N) is 1. The largest absolute Gasteiger partial charge is 0.340 e. The van der Waals surface area contributed by atoms with Crippen molar-refractivity contribution in [1.29, 1.82) is 0 Å². The highest BCUT2D eigenvalue weighted by molar-refractivity contribution is 9.11. The monoisotopic (exact) mass is 356 g/mol. The molecule has 1 aliphatic carbocycles. The van der Waals surface area contributed by atoms with E-state index in [9.17, 15) is 9.59 Å². The van der Waals surface area contributed by atoms with E-state index in [4.69, 9.17) is 0 Å². The van der Waals surface area contributed by atoms with Crippen molar-refractivity contribution in [1.82, 2.24) is 10.2 Å². The fourth-order valence-corrected chi connectivity index (χ4v) is 4.28. The van der Waals surface area contributed by atoms with Crippen LogP contribution in [0.1, 0.15) is 24.6 Å². The molecule has 1 aliphatic heterocycles. The van der Waals surface area contributed by atoms with E-state index in [1.54, 1.807) is 16.2 Å². The number of hydrogen-bond acceptors (Lipinski definition) is 3. The molecule has 4 nitrogen and oxygen atoms in total. The average molecular weight is 357 g/mol. The van der Waals surface area contributed by atoms with E-state index in [1.165, 1.54) is 4.88 Å². The standard InChI is InChI=1S/C14H17BrN2O2S/c1-14(9-2-3-9)13(19)17(8-12(18)16-14)7-6-10-4-5-11(15)20-10/h4-5,9H,2-3,6-8H2,1H3,(H,16,18). The molecule has 0 aromatic carbocycles. The Kier molecular flexibility index (Phi) is 3.62. The predicted molar refractivity (Wildman–Crippen MR) is 81.6 cm³/mol. The third kappa shape index (κ3) is 2.63. The molecule has 20 heavy (non-hydrogen) atoms. The topological polar surface area (TPSA) is 49.4 Å². The average Bonchev–Trinajstić information content (AvgIpc) is 3.17. The molecule has 0 bridgehead atoms. The first-order chi connectivity index (χ1) is 9.49. The van der Waals surface area contributed by atoms with Crippen molar-refractivity contribution in [2.45, 2.75) is 31.7 Å². The number of hydrogen-bond donors (Lipinski definition) is 1. The van der Waals surface area contributed by atoms with Gasteiger partial charge in [0.15, 0.2) is 0 Å². The number of piperazine rings is 1. The van der Waals surface area contributed by atoms with Crippen LogP contribution in [-0.4, -0.2) is 35.3 Å². The van der Waals surface area contributed by atoms with Gasteiger partial charge in [-0.25, -0.2) is 0 Å². The van der Waals surface area contributed by atoms with Crippen molar-refractivity contribution in [3.63, 3.8) is 0 Å². The van der Waals surface area contributed by atoms with E-state index in [0.29, 0.717) is 12.5 Å². The maximum atomic E-state index is 12.6. The molecule has 2 amide bonds. The lowest BCUT2D eigenvalue weighted by atomic mass is 9.91. The lowest BCUT2D eigenvalue weighted by molar-refractivity contribution is -0.150. The summed E-state index contributed by atoms with van der Waals surface area (Å²) in [5.41, 5.74) is -0.675. The molecular weight excluding hydrogens is 340 g/mol. The van der Waals surface area contributed by atoms with Gasteiger partial charge in [-0.15, -0.1) is 11.3 Å². The van der Waals surface area contributed by atoms with Gasteiger partial charge < -0.3 is 10.2 Å². The number of thiophene rings is 1. The highest BCUT2D eigenvalue weighted by atomic mass is 79.9. The second kappa shape index (κ2) is 5.15. The molecule has 0 spiro atoms. The van der Waals surface area contributed by atoms with Crippen LogP contribution >= 0.6 is 27.3 Å². The minimum absolute atomic E-state index is 0.0358. The summed E-state index contributed by atoms with van der Waals surface area (Å²) < 4.78 is 1.10. The van der Waals surface area contributed by atoms with Gasteiger partial charge in [0.2, 0.25) is 11.8 Å². The Labute approximate surface area is 130 Å². The van der Waals surface area contributed by atoms with Crippen LogP contribution in [0.25, 0.3) is 0 Å². The minimum Gasteiger partial charge on any atom is -0.340 e. The van der Waals surface area contributed by atoms with Gasteiger partial charge in [-0.05, 0) is 60.2 Å². The molecule has 6 heteroatoms. The molecule has 3 rings (SSSR count). The third-order valence-corrected chi connectivity index (χ3v) is 5.80. The minimum atomic E-state index is -0.675. The molecule has 1 aromatic heterocycles. The van der Waals surface area contributed by atoms with Crippen molar-refractivity contribution in [2.75, 3.05) is 13.1 Å². The zero-order chi connectivity index (χ0) is 14.3. The number of carbonyl (C=O) groups is 2. The smallest absolute Gasteiger partial charge is 0.248 e. The van der Waals surface area contributed by atoms with Crippen LogP contribution in [0.4, 0.5) is 0 Å². The van der Waals surface area contributed by atoms with Crippen molar-refractivity contribution in [2.24, 2.45) is 5.92 Å². The summed E-state index contributed by atoms with van der Waals surface area (Å²) in [6.45, 7) is 2.67. The molecule has 1 atom stereocenters. The Bertz CT molecular complexity index is 555. The number of rotatable bonds is 4. The maximum Gasteiger partial charge on any atom is 0.248 e. The van der Waals surface area contributed by atoms with E-state index in [2.05, 4.69) is 27.3 Å². The molecule has 0 radical (unpaired) electrons. The summed E-state index contributed by atoms with van der Waals surface area (Å²) in [7, 11) is 0. The molecule has 1 unspecified atom stereocenters. The van der Waals surface area contributed by atoms with Crippen molar-refractivity contribution < 1.29 is 9.59 Å². The number of amides is 2. The Hall–Kier alpha value is -0.880. The van der Waals surface area contributed by atoms with Gasteiger partial charge in [0, 0.05) is 11.4 Å². The molecule has 108 valence electrons. The second-order valence-electron chi connectivity index (χ2n) is 5.71. The highest BCUT2D eigenvalue weighted by Crippen LogP contribution is 2.41. The molecule has 1 saturated heterocycles. The molecule has 1 aromatic rings. The molecular formula is C14H17BrN2O2S. The quantitative estimate of drug-likeness (QED) is 0.898. The molecule has 1 saturated carbocycles. The van der Waals surface area contributed by atoms with Gasteiger partial charge in [0.05, 0.1) is 10.3 Å². The summed E-state index contributed by atoms with van der Waals surface area (Å²) in [5, 5.41) is 2.90. The van der Waals surface area contributed by atoms with Crippen LogP contribution in [0, 0.1) is 5.92 Å². The number of carbonyl (C=O) groups excluding carboxylic acids is 2. The van der Waals surface area contributed by atoms with Gasteiger partial charge >= 0.3 is 0 Å². The zero-order valence-corrected chi connectivity index (χ0v) is 13.7. The van der Waals surface area contributed by atoms with E-state index in [0.717, 1.165) is 23.0 Å². The summed E-state index contributed by atoms with van der Waals surface area (Å²) in [5.74, 6) is 0.360.